The summed E-state index contributed by atoms with van der Waals surface area (Å²) in [5.41, 5.74) is 7.52. The molecule has 8 N–H and O–H groups in total. The van der Waals surface area contributed by atoms with Crippen LogP contribution < -0.4 is 25.8 Å². The molecule has 3 saturated heterocycles. The second-order valence-electron chi connectivity index (χ2n) is 22.6. The lowest BCUT2D eigenvalue weighted by Crippen LogP contribution is -2.55. The average molecular weight is 1360 g/mol. The number of hydrogen-bond donors (Lipinski definition) is 7. The molecule has 8 rings (SSSR count). The number of ether oxygens (including phenoxy) is 3. The number of hydrogen-bond acceptors (Lipinski definition) is 23. The molecule has 94 heavy (non-hydrogen) atoms. The van der Waals surface area contributed by atoms with Crippen LogP contribution in [0.3, 0.4) is 0 Å². The molecule has 4 aliphatic heterocycles. The van der Waals surface area contributed by atoms with Crippen LogP contribution in [0.25, 0.3) is 28.1 Å². The van der Waals surface area contributed by atoms with Crippen LogP contribution in [0.5, 0.6) is 11.5 Å². The van der Waals surface area contributed by atoms with Gasteiger partial charge in [0.05, 0.1) is 80.6 Å². The zero-order chi connectivity index (χ0) is 68.9. The van der Waals surface area contributed by atoms with Crippen LogP contribution in [-0.4, -0.2) is 299 Å². The maximum absolute atomic E-state index is 14.7. The number of nitrogens with zero attached hydrogens (tertiary/aromatic N) is 10. The van der Waals surface area contributed by atoms with Crippen molar-refractivity contribution in [1.82, 2.24) is 54.4 Å². The standard InChI is InChI=1S/C44H52F2N8O8S2.C16H29N5O5.2CH4O/c1-44(2)26-61-15-13-53(44)43(58)40-34-25-62-36-22-35(60-3)32(21-33(36)41(34)54(50-40)31-19-28(45)18-29(46)20-31)27-17-30(24-47-23-27)49-39(56)6-5-38(55)48-8-7-37(63-4)42(57)52-11-9-51(10-12-52)14-16-64-59;17-15(24)13-20-5-3-18(9-11-22)1-2-19(10-12-23)4-6-21(8-7-20)14-16(25)26;2*1-2/h17-24,37,59H,5-16,25-26H2,1-4H3,(H,48,55)(H,49,56);11-12H,1-10,13-14H2,(H2,17,24)(H,25,26);2*2H,1H3. The first-order valence-electron chi connectivity index (χ1n) is 30.6. The zero-order valence-corrected chi connectivity index (χ0v) is 55.8. The van der Waals surface area contributed by atoms with Gasteiger partial charge in [0.1, 0.15) is 42.3 Å². The van der Waals surface area contributed by atoms with Crippen molar-refractivity contribution in [2.45, 2.75) is 50.5 Å². The van der Waals surface area contributed by atoms with Crippen LogP contribution in [0.15, 0.2) is 48.8 Å². The SMILES string of the molecule is CO.CO.COc1cc2c(cc1-c1cncc(NC(=O)CCC(=O)NCCC(SC)C(=O)N3CCN(CCSO)CC3)c1)-c1c(c(C(=O)N3CCOCC3(C)C)nn1-c1cc(F)cc(F)c1)CO2.NC(=O)CN1CCN(CC=O)CCN(CC=O)CCN(CC(=O)O)CC1. The highest BCUT2D eigenvalue weighted by molar-refractivity contribution is 7.99. The van der Waals surface area contributed by atoms with Crippen molar-refractivity contribution >= 4 is 77.6 Å². The third-order valence-electron chi connectivity index (χ3n) is 15.8. The van der Waals surface area contributed by atoms with Gasteiger partial charge in [-0.15, -0.1) is 0 Å². The van der Waals surface area contributed by atoms with E-state index in [9.17, 15) is 47.1 Å². The fourth-order valence-corrected chi connectivity index (χ4v) is 12.0. The molecule has 6 heterocycles. The lowest BCUT2D eigenvalue weighted by molar-refractivity contribution is -0.138. The van der Waals surface area contributed by atoms with E-state index in [-0.39, 0.29) is 86.5 Å². The highest BCUT2D eigenvalue weighted by Crippen LogP contribution is 2.46. The fourth-order valence-electron chi connectivity index (χ4n) is 11.0. The maximum atomic E-state index is 14.7. The Morgan fingerprint density at radius 2 is 1.37 bits per heavy atom. The Morgan fingerprint density at radius 3 is 1.94 bits per heavy atom. The van der Waals surface area contributed by atoms with Crippen molar-refractivity contribution in [2.24, 2.45) is 5.73 Å². The molecule has 3 fully saturated rings. The minimum atomic E-state index is -0.919. The van der Waals surface area contributed by atoms with E-state index in [4.69, 9.17) is 44.9 Å². The quantitative estimate of drug-likeness (QED) is 0.0388. The number of nitrogens with one attached hydrogen (secondary N) is 2. The molecular weight excluding hydrogens is 1270 g/mol. The molecule has 5 amide bonds. The van der Waals surface area contributed by atoms with Crippen molar-refractivity contribution in [3.05, 3.63) is 71.7 Å². The predicted molar refractivity (Wildman–Crippen MR) is 351 cm³/mol. The number of piperazine rings is 1. The van der Waals surface area contributed by atoms with E-state index in [0.717, 1.165) is 76.7 Å². The number of nitrogens with two attached hydrogens (primary N) is 1. The molecule has 518 valence electrons. The van der Waals surface area contributed by atoms with Gasteiger partial charge in [-0.1, -0.05) is 0 Å². The molecule has 2 aromatic carbocycles. The first-order chi connectivity index (χ1) is 45.2. The van der Waals surface area contributed by atoms with E-state index in [1.807, 2.05) is 39.7 Å². The van der Waals surface area contributed by atoms with Gasteiger partial charge in [0.2, 0.25) is 23.6 Å². The van der Waals surface area contributed by atoms with Gasteiger partial charge in [-0.3, -0.25) is 58.3 Å². The van der Waals surface area contributed by atoms with Crippen molar-refractivity contribution in [2.75, 3.05) is 176 Å². The van der Waals surface area contributed by atoms with Crippen LogP contribution >= 0.6 is 23.8 Å². The van der Waals surface area contributed by atoms with Crippen molar-refractivity contribution < 1.29 is 81.2 Å². The molecule has 0 spiro atoms. The third-order valence-corrected chi connectivity index (χ3v) is 17.2. The number of fused-ring (bicyclic) bond motifs is 3. The molecule has 2 aromatic heterocycles. The number of morpholine rings is 1. The molecule has 0 bridgehead atoms. The van der Waals surface area contributed by atoms with Gasteiger partial charge in [0.15, 0.2) is 5.69 Å². The third kappa shape index (κ3) is 23.0. The first kappa shape index (κ1) is 77.5. The van der Waals surface area contributed by atoms with Gasteiger partial charge in [0.25, 0.3) is 5.91 Å². The summed E-state index contributed by atoms with van der Waals surface area (Å²) in [6.45, 7) is 13.4. The van der Waals surface area contributed by atoms with Crippen LogP contribution in [-0.2, 0) is 44.9 Å². The molecule has 1 unspecified atom stereocenters. The number of carboxylic acid groups (broad SMARTS) is 1. The summed E-state index contributed by atoms with van der Waals surface area (Å²) >= 11 is 2.26. The minimum absolute atomic E-state index is 0.0423. The molecule has 1 atom stereocenters. The zero-order valence-electron chi connectivity index (χ0n) is 54.1. The molecular formula is C62H89F2N13O15S2. The number of carbonyl (C=O) groups excluding carboxylic acids is 7. The van der Waals surface area contributed by atoms with Crippen LogP contribution in [0.1, 0.15) is 49.2 Å². The average Bonchev–Trinajstić information content (AvgIpc) is 1.54. The first-order valence-corrected chi connectivity index (χ1v) is 32.8. The predicted octanol–water partition coefficient (Wildman–Crippen LogP) is 1.73. The molecule has 0 radical (unpaired) electrons. The number of benzene rings is 2. The van der Waals surface area contributed by atoms with E-state index in [0.29, 0.717) is 143 Å². The Bertz CT molecular complexity index is 3100. The maximum Gasteiger partial charge on any atom is 0.317 e. The number of aldehydes is 2. The Labute approximate surface area is 554 Å². The van der Waals surface area contributed by atoms with Gasteiger partial charge in [0, 0.05) is 172 Å². The summed E-state index contributed by atoms with van der Waals surface area (Å²) in [7, 11) is 3.49. The number of halogens is 2. The van der Waals surface area contributed by atoms with Crippen LogP contribution in [0, 0.1) is 11.6 Å². The largest absolute Gasteiger partial charge is 0.496 e. The number of aromatic nitrogens is 3. The monoisotopic (exact) mass is 1360 g/mol. The Kier molecular flexibility index (Phi) is 32.6. The second-order valence-corrected chi connectivity index (χ2v) is 24.3. The number of thioether (sulfide) groups is 1. The number of carboxylic acids is 1. The lowest BCUT2D eigenvalue weighted by Gasteiger charge is -2.41. The molecule has 0 saturated carbocycles. The molecule has 4 aromatic rings. The van der Waals surface area contributed by atoms with E-state index in [1.54, 1.807) is 34.2 Å². The lowest BCUT2D eigenvalue weighted by atomic mass is 9.95. The topological polar surface area (TPSA) is 349 Å². The number of carbonyl (C=O) groups is 8. The summed E-state index contributed by atoms with van der Waals surface area (Å²) in [5, 5.41) is 33.1. The normalized spacial score (nSPS) is 16.8. The number of aliphatic carboxylic acids is 1. The number of primary amides is 1. The molecule has 32 heteroatoms. The number of pyridine rings is 1. The van der Waals surface area contributed by atoms with E-state index >= 15 is 0 Å². The Balaban J connectivity index is 0.000000447. The molecule has 4 aliphatic rings. The smallest absolute Gasteiger partial charge is 0.317 e. The summed E-state index contributed by atoms with van der Waals surface area (Å²) in [6.07, 6.45) is 6.87. The number of aliphatic hydroxyl groups excluding tert-OH is 2. The highest BCUT2D eigenvalue weighted by atomic mass is 32.2. The fraction of sp³-hybridized carbons (Fsp3) is 0.548. The molecule has 0 aliphatic carbocycles. The van der Waals surface area contributed by atoms with Crippen molar-refractivity contribution in [3.8, 4) is 39.6 Å². The van der Waals surface area contributed by atoms with E-state index in [2.05, 4.69) is 20.5 Å². The number of amides is 5. The summed E-state index contributed by atoms with van der Waals surface area (Å²) < 4.78 is 57.4. The van der Waals surface area contributed by atoms with Gasteiger partial charge in [-0.25, -0.2) is 13.5 Å². The highest BCUT2D eigenvalue weighted by Gasteiger charge is 2.40. The number of rotatable bonds is 24. The number of methoxy groups -OCH3 is 1. The van der Waals surface area contributed by atoms with Crippen molar-refractivity contribution in [3.63, 3.8) is 0 Å². The van der Waals surface area contributed by atoms with E-state index in [1.165, 1.54) is 29.8 Å². The van der Waals surface area contributed by atoms with Crippen molar-refractivity contribution in [1.29, 1.82) is 0 Å². The van der Waals surface area contributed by atoms with Gasteiger partial charge >= 0.3 is 5.97 Å². The molecule has 28 nitrogen and oxygen atoms in total. The van der Waals surface area contributed by atoms with Gasteiger partial charge in [-0.05, 0) is 62.8 Å². The van der Waals surface area contributed by atoms with E-state index < -0.39 is 35.0 Å². The summed E-state index contributed by atoms with van der Waals surface area (Å²) in [6, 6.07) is 8.16. The number of aliphatic hydroxyl groups is 2. The van der Waals surface area contributed by atoms with Gasteiger partial charge < -0.3 is 69.8 Å². The number of anilines is 1. The van der Waals surface area contributed by atoms with Gasteiger partial charge in [-0.2, -0.15) is 16.9 Å². The van der Waals surface area contributed by atoms with Crippen LogP contribution in [0.4, 0.5) is 14.5 Å². The second kappa shape index (κ2) is 39.6. The Morgan fingerprint density at radius 1 is 0.777 bits per heavy atom. The van der Waals surface area contributed by atoms with Crippen LogP contribution in [0.2, 0.25) is 0 Å². The minimum Gasteiger partial charge on any atom is -0.496 e. The Hall–Kier alpha value is -7.24. The summed E-state index contributed by atoms with van der Waals surface area (Å²) in [4.78, 5) is 115. The summed E-state index contributed by atoms with van der Waals surface area (Å²) in [5.74, 6) is -2.65.